The largest absolute Gasteiger partial charge is 0.338 e. The Morgan fingerprint density at radius 3 is 2.47 bits per heavy atom. The van der Waals surface area contributed by atoms with Crippen LogP contribution in [-0.2, 0) is 6.54 Å². The number of carbonyl (C=O) groups excluding carboxylic acids is 1. The third kappa shape index (κ3) is 5.67. The molecule has 3 nitrogen and oxygen atoms in total. The highest BCUT2D eigenvalue weighted by molar-refractivity contribution is 7.07. The number of aryl methyl sites for hydroxylation is 1. The van der Waals surface area contributed by atoms with E-state index in [1.165, 1.54) is 16.7 Å². The van der Waals surface area contributed by atoms with Gasteiger partial charge in [0.05, 0.1) is 0 Å². The predicted octanol–water partition coefficient (Wildman–Crippen LogP) is 6.07. The molecule has 2 heterocycles. The van der Waals surface area contributed by atoms with Crippen molar-refractivity contribution < 1.29 is 4.79 Å². The van der Waals surface area contributed by atoms with E-state index in [0.717, 1.165) is 38.3 Å². The van der Waals surface area contributed by atoms with Crippen molar-refractivity contribution >= 4 is 17.2 Å². The van der Waals surface area contributed by atoms with Crippen molar-refractivity contribution in [1.82, 2.24) is 9.80 Å². The topological polar surface area (TPSA) is 23.6 Å². The van der Waals surface area contributed by atoms with Crippen LogP contribution in [0.15, 0.2) is 71.4 Å². The first-order valence-electron chi connectivity index (χ1n) is 11.6. The minimum absolute atomic E-state index is 0.154. The molecule has 0 bridgehead atoms. The van der Waals surface area contributed by atoms with Gasteiger partial charge in [0.15, 0.2) is 0 Å². The second-order valence-corrected chi connectivity index (χ2v) is 10.4. The molecule has 2 atom stereocenters. The van der Waals surface area contributed by atoms with E-state index in [1.807, 2.05) is 24.3 Å². The molecule has 1 amide bonds. The van der Waals surface area contributed by atoms with Crippen LogP contribution in [0.2, 0.25) is 0 Å². The monoisotopic (exact) mass is 446 g/mol. The summed E-state index contributed by atoms with van der Waals surface area (Å²) in [5.74, 6) is 1.45. The van der Waals surface area contributed by atoms with Gasteiger partial charge in [0, 0.05) is 44.2 Å². The number of amides is 1. The molecule has 1 aromatic heterocycles. The van der Waals surface area contributed by atoms with Gasteiger partial charge < -0.3 is 4.90 Å². The normalized spacial score (nSPS) is 18.9. The summed E-state index contributed by atoms with van der Waals surface area (Å²) in [6, 6.07) is 21.1. The Bertz CT molecular complexity index is 982. The van der Waals surface area contributed by atoms with Crippen LogP contribution in [-0.4, -0.2) is 41.9 Å². The lowest BCUT2D eigenvalue weighted by Gasteiger charge is -2.30. The predicted molar refractivity (Wildman–Crippen MR) is 134 cm³/mol. The third-order valence-corrected chi connectivity index (χ3v) is 7.09. The lowest BCUT2D eigenvalue weighted by Crippen LogP contribution is -2.39. The first-order valence-corrected chi connectivity index (χ1v) is 12.6. The summed E-state index contributed by atoms with van der Waals surface area (Å²) in [5, 5.41) is 4.40. The summed E-state index contributed by atoms with van der Waals surface area (Å²) < 4.78 is 0. The van der Waals surface area contributed by atoms with Gasteiger partial charge in [-0.15, -0.1) is 0 Å². The van der Waals surface area contributed by atoms with Gasteiger partial charge in [-0.2, -0.15) is 11.3 Å². The van der Waals surface area contributed by atoms with Crippen LogP contribution < -0.4 is 0 Å². The van der Waals surface area contributed by atoms with Gasteiger partial charge >= 0.3 is 0 Å². The zero-order valence-corrected chi connectivity index (χ0v) is 20.2. The highest BCUT2D eigenvalue weighted by Gasteiger charge is 2.36. The van der Waals surface area contributed by atoms with E-state index in [9.17, 15) is 4.79 Å². The Morgan fingerprint density at radius 2 is 1.81 bits per heavy atom. The molecule has 32 heavy (non-hydrogen) atoms. The molecule has 3 aromatic rings. The van der Waals surface area contributed by atoms with Crippen LogP contribution in [0.3, 0.4) is 0 Å². The lowest BCUT2D eigenvalue weighted by atomic mass is 9.88. The van der Waals surface area contributed by atoms with Crippen molar-refractivity contribution in [3.63, 3.8) is 0 Å². The minimum atomic E-state index is 0.154. The highest BCUT2D eigenvalue weighted by Crippen LogP contribution is 2.34. The fourth-order valence-electron chi connectivity index (χ4n) is 4.84. The average Bonchev–Trinajstić information content (AvgIpc) is 3.44. The summed E-state index contributed by atoms with van der Waals surface area (Å²) in [6.07, 6.45) is 0. The molecule has 1 aliphatic rings. The maximum Gasteiger partial charge on any atom is 0.253 e. The van der Waals surface area contributed by atoms with Crippen molar-refractivity contribution in [2.75, 3.05) is 26.2 Å². The Balaban J connectivity index is 1.56. The minimum Gasteiger partial charge on any atom is -0.338 e. The maximum atomic E-state index is 13.5. The molecule has 0 radical (unpaired) electrons. The molecule has 4 rings (SSSR count). The van der Waals surface area contributed by atoms with Gasteiger partial charge in [-0.3, -0.25) is 9.69 Å². The molecule has 2 unspecified atom stereocenters. The molecule has 0 spiro atoms. The first-order chi connectivity index (χ1) is 15.5. The Morgan fingerprint density at radius 1 is 1.06 bits per heavy atom. The number of nitrogens with zero attached hydrogens (tertiary/aromatic N) is 2. The highest BCUT2D eigenvalue weighted by atomic mass is 32.1. The van der Waals surface area contributed by atoms with Crippen LogP contribution >= 0.6 is 11.3 Å². The summed E-state index contributed by atoms with van der Waals surface area (Å²) in [5.41, 5.74) is 4.75. The van der Waals surface area contributed by atoms with Crippen LogP contribution in [0.25, 0.3) is 0 Å². The standard InChI is InChI=1S/C28H34N2OS/c1-21(2)15-30(28(31)25-11-9-22(3)10-12-25)18-26-17-29(16-23-13-14-32-20-23)19-27(26)24-7-5-4-6-8-24/h4-14,20-21,26-27H,15-19H2,1-3H3. The molecule has 0 N–H and O–H groups in total. The number of hydrogen-bond donors (Lipinski definition) is 0. The van der Waals surface area contributed by atoms with Gasteiger partial charge in [-0.25, -0.2) is 0 Å². The van der Waals surface area contributed by atoms with Gasteiger partial charge in [0.1, 0.15) is 0 Å². The Kier molecular flexibility index (Phi) is 7.44. The van der Waals surface area contributed by atoms with Crippen molar-refractivity contribution in [2.24, 2.45) is 11.8 Å². The van der Waals surface area contributed by atoms with Crippen LogP contribution in [0.1, 0.15) is 46.8 Å². The van der Waals surface area contributed by atoms with Gasteiger partial charge in [0.25, 0.3) is 5.91 Å². The second-order valence-electron chi connectivity index (χ2n) is 9.57. The fraction of sp³-hybridized carbons (Fsp3) is 0.393. The molecule has 2 aromatic carbocycles. The SMILES string of the molecule is Cc1ccc(C(=O)N(CC(C)C)CC2CN(Cc3ccsc3)CC2c2ccccc2)cc1. The summed E-state index contributed by atoms with van der Waals surface area (Å²) >= 11 is 1.76. The van der Waals surface area contributed by atoms with E-state index in [1.54, 1.807) is 11.3 Å². The molecule has 1 aliphatic heterocycles. The molecule has 0 saturated carbocycles. The van der Waals surface area contributed by atoms with E-state index in [0.29, 0.717) is 17.8 Å². The number of rotatable bonds is 8. The number of hydrogen-bond acceptors (Lipinski definition) is 3. The summed E-state index contributed by atoms with van der Waals surface area (Å²) in [7, 11) is 0. The molecular formula is C28H34N2OS. The molecular weight excluding hydrogens is 412 g/mol. The molecule has 0 aliphatic carbocycles. The molecule has 168 valence electrons. The Labute approximate surface area is 196 Å². The van der Waals surface area contributed by atoms with Crippen molar-refractivity contribution in [1.29, 1.82) is 0 Å². The van der Waals surface area contributed by atoms with Crippen LogP contribution in [0.4, 0.5) is 0 Å². The summed E-state index contributed by atoms with van der Waals surface area (Å²) in [4.78, 5) is 18.1. The van der Waals surface area contributed by atoms with E-state index in [4.69, 9.17) is 0 Å². The first kappa shape index (κ1) is 22.8. The smallest absolute Gasteiger partial charge is 0.253 e. The van der Waals surface area contributed by atoms with E-state index in [2.05, 4.69) is 77.7 Å². The fourth-order valence-corrected chi connectivity index (χ4v) is 5.50. The molecule has 1 saturated heterocycles. The number of thiophene rings is 1. The number of likely N-dealkylation sites (tertiary alicyclic amines) is 1. The van der Waals surface area contributed by atoms with Gasteiger partial charge in [-0.05, 0) is 58.8 Å². The van der Waals surface area contributed by atoms with Crippen LogP contribution in [0, 0.1) is 18.8 Å². The van der Waals surface area contributed by atoms with Gasteiger partial charge in [-0.1, -0.05) is 61.9 Å². The Hall–Kier alpha value is -2.43. The van der Waals surface area contributed by atoms with Crippen LogP contribution in [0.5, 0.6) is 0 Å². The summed E-state index contributed by atoms with van der Waals surface area (Å²) in [6.45, 7) is 11.1. The quantitative estimate of drug-likeness (QED) is 0.419. The molecule has 1 fully saturated rings. The van der Waals surface area contributed by atoms with Gasteiger partial charge in [0.2, 0.25) is 0 Å². The van der Waals surface area contributed by atoms with Crippen molar-refractivity contribution in [2.45, 2.75) is 33.2 Å². The number of carbonyl (C=O) groups is 1. The van der Waals surface area contributed by atoms with E-state index in [-0.39, 0.29) is 5.91 Å². The van der Waals surface area contributed by atoms with E-state index < -0.39 is 0 Å². The van der Waals surface area contributed by atoms with Crippen molar-refractivity contribution in [3.8, 4) is 0 Å². The second kappa shape index (κ2) is 10.5. The third-order valence-electron chi connectivity index (χ3n) is 6.36. The van der Waals surface area contributed by atoms with E-state index >= 15 is 0 Å². The maximum absolute atomic E-state index is 13.5. The average molecular weight is 447 g/mol. The number of benzene rings is 2. The molecule has 4 heteroatoms. The zero-order valence-electron chi connectivity index (χ0n) is 19.4. The van der Waals surface area contributed by atoms with Crippen molar-refractivity contribution in [3.05, 3.63) is 93.7 Å². The lowest BCUT2D eigenvalue weighted by molar-refractivity contribution is 0.0703. The zero-order chi connectivity index (χ0) is 22.5.